The molecule has 0 spiro atoms. The largest absolute Gasteiger partial charge is 0.497 e. The number of hydrogen-bond donors (Lipinski definition) is 0. The van der Waals surface area contributed by atoms with Crippen molar-refractivity contribution in [1.29, 1.82) is 0 Å². The van der Waals surface area contributed by atoms with E-state index in [4.69, 9.17) is 4.74 Å². The zero-order valence-electron chi connectivity index (χ0n) is 11.7. The van der Waals surface area contributed by atoms with Crippen LogP contribution in [0.4, 0.5) is 0 Å². The van der Waals surface area contributed by atoms with Gasteiger partial charge in [0.2, 0.25) is 0 Å². The highest BCUT2D eigenvalue weighted by Gasteiger charge is 2.13. The van der Waals surface area contributed by atoms with Gasteiger partial charge in [-0.05, 0) is 42.0 Å². The molecule has 1 aliphatic carbocycles. The van der Waals surface area contributed by atoms with Crippen LogP contribution in [0, 0.1) is 0 Å². The van der Waals surface area contributed by atoms with Crippen molar-refractivity contribution in [3.8, 4) is 22.6 Å². The molecule has 0 radical (unpaired) electrons. The predicted molar refractivity (Wildman–Crippen MR) is 84.2 cm³/mol. The van der Waals surface area contributed by atoms with Crippen molar-refractivity contribution in [2.45, 2.75) is 0 Å². The van der Waals surface area contributed by atoms with Crippen LogP contribution in [0.2, 0.25) is 0 Å². The van der Waals surface area contributed by atoms with Crippen LogP contribution in [0.15, 0.2) is 67.1 Å². The van der Waals surface area contributed by atoms with Gasteiger partial charge in [-0.3, -0.25) is 4.98 Å². The summed E-state index contributed by atoms with van der Waals surface area (Å²) in [5.74, 6) is 0.859. The molecule has 0 amide bonds. The normalized spacial score (nSPS) is 11.1. The Balaban J connectivity index is 2.00. The molecule has 0 saturated heterocycles. The Morgan fingerprint density at radius 2 is 1.90 bits per heavy atom. The van der Waals surface area contributed by atoms with Gasteiger partial charge in [-0.25, -0.2) is 0 Å². The molecular formula is C18H14N2O. The molecule has 2 aliphatic rings. The molecule has 1 aromatic carbocycles. The minimum Gasteiger partial charge on any atom is -0.497 e. The van der Waals surface area contributed by atoms with Crippen LogP contribution < -0.4 is 4.74 Å². The molecule has 0 saturated carbocycles. The zero-order valence-corrected chi connectivity index (χ0v) is 11.7. The third kappa shape index (κ3) is 1.86. The standard InChI is InChI=1S/C18H14N2O/c1-21-16-4-2-3-15(12-16)20-10-7-14-11-13-5-8-19-9-6-17(13)18(14)20/h2-12H,1H3. The fraction of sp³-hybridized carbons (Fsp3) is 0.0556. The highest BCUT2D eigenvalue weighted by Crippen LogP contribution is 2.35. The van der Waals surface area contributed by atoms with E-state index in [0.29, 0.717) is 0 Å². The van der Waals surface area contributed by atoms with Gasteiger partial charge in [0.1, 0.15) is 5.75 Å². The number of aromatic nitrogens is 2. The number of nitrogens with zero attached hydrogens (tertiary/aromatic N) is 2. The summed E-state index contributed by atoms with van der Waals surface area (Å²) in [6, 6.07) is 16.5. The Kier molecular flexibility index (Phi) is 2.64. The van der Waals surface area contributed by atoms with E-state index >= 15 is 0 Å². The van der Waals surface area contributed by atoms with E-state index < -0.39 is 0 Å². The minimum absolute atomic E-state index is 0.859. The molecule has 1 aliphatic heterocycles. The predicted octanol–water partition coefficient (Wildman–Crippen LogP) is 4.14. The summed E-state index contributed by atoms with van der Waals surface area (Å²) < 4.78 is 7.52. The second kappa shape index (κ2) is 4.63. The first-order chi connectivity index (χ1) is 10.4. The van der Waals surface area contributed by atoms with Crippen LogP contribution in [-0.2, 0) is 0 Å². The van der Waals surface area contributed by atoms with Gasteiger partial charge >= 0.3 is 0 Å². The highest BCUT2D eigenvalue weighted by atomic mass is 16.5. The number of benzene rings is 1. The maximum absolute atomic E-state index is 5.33. The molecule has 0 unspecified atom stereocenters. The number of rotatable bonds is 2. The Bertz CT molecular complexity index is 895. The molecule has 3 nitrogen and oxygen atoms in total. The van der Waals surface area contributed by atoms with Gasteiger partial charge in [-0.2, -0.15) is 0 Å². The number of fused-ring (bicyclic) bond motifs is 3. The molecule has 4 rings (SSSR count). The van der Waals surface area contributed by atoms with Crippen LogP contribution in [0.3, 0.4) is 0 Å². The van der Waals surface area contributed by atoms with Gasteiger partial charge in [-0.1, -0.05) is 6.07 Å². The molecule has 0 atom stereocenters. The summed E-state index contributed by atoms with van der Waals surface area (Å²) in [6.45, 7) is 0. The van der Waals surface area contributed by atoms with E-state index in [1.54, 1.807) is 7.11 Å². The highest BCUT2D eigenvalue weighted by molar-refractivity contribution is 6.01. The van der Waals surface area contributed by atoms with E-state index in [1.807, 2.05) is 36.7 Å². The quantitative estimate of drug-likeness (QED) is 0.549. The SMILES string of the molecule is COc1cccc(-n2ccc3cc4ccnccc-4c32)c1. The second-order valence-electron chi connectivity index (χ2n) is 4.99. The molecule has 0 bridgehead atoms. The van der Waals surface area contributed by atoms with Crippen LogP contribution in [-0.4, -0.2) is 16.7 Å². The maximum atomic E-state index is 5.33. The van der Waals surface area contributed by atoms with Crippen molar-refractivity contribution in [1.82, 2.24) is 9.55 Å². The van der Waals surface area contributed by atoms with E-state index in [1.165, 1.54) is 22.0 Å². The van der Waals surface area contributed by atoms with Gasteiger partial charge in [0, 0.05) is 41.3 Å². The van der Waals surface area contributed by atoms with Crippen molar-refractivity contribution in [2.24, 2.45) is 0 Å². The lowest BCUT2D eigenvalue weighted by atomic mass is 10.2. The first-order valence-electron chi connectivity index (χ1n) is 6.85. The molecule has 21 heavy (non-hydrogen) atoms. The molecule has 1 aromatic heterocycles. The lowest BCUT2D eigenvalue weighted by molar-refractivity contribution is 0.414. The average molecular weight is 274 g/mol. The van der Waals surface area contributed by atoms with E-state index in [9.17, 15) is 0 Å². The van der Waals surface area contributed by atoms with E-state index in [2.05, 4.69) is 40.0 Å². The van der Waals surface area contributed by atoms with Crippen LogP contribution in [0.1, 0.15) is 0 Å². The monoisotopic (exact) mass is 274 g/mol. The van der Waals surface area contributed by atoms with Crippen molar-refractivity contribution in [3.63, 3.8) is 0 Å². The number of ether oxygens (including phenoxy) is 1. The molecule has 2 heterocycles. The van der Waals surface area contributed by atoms with E-state index in [-0.39, 0.29) is 0 Å². The smallest absolute Gasteiger partial charge is 0.120 e. The van der Waals surface area contributed by atoms with Gasteiger partial charge < -0.3 is 9.30 Å². The van der Waals surface area contributed by atoms with Crippen LogP contribution in [0.5, 0.6) is 5.75 Å². The van der Waals surface area contributed by atoms with Crippen molar-refractivity contribution in [3.05, 3.63) is 67.1 Å². The fourth-order valence-corrected chi connectivity index (χ4v) is 2.81. The summed E-state index contributed by atoms with van der Waals surface area (Å²) in [5.41, 5.74) is 4.71. The molecule has 0 fully saturated rings. The average Bonchev–Trinajstić information content (AvgIpc) is 2.99. The first kappa shape index (κ1) is 12.0. The van der Waals surface area contributed by atoms with Gasteiger partial charge in [-0.15, -0.1) is 0 Å². The second-order valence-corrected chi connectivity index (χ2v) is 4.99. The van der Waals surface area contributed by atoms with Gasteiger partial charge in [0.15, 0.2) is 0 Å². The van der Waals surface area contributed by atoms with Crippen LogP contribution >= 0.6 is 0 Å². The summed E-state index contributed by atoms with van der Waals surface area (Å²) in [7, 11) is 1.69. The Morgan fingerprint density at radius 1 is 1.00 bits per heavy atom. The van der Waals surface area contributed by atoms with Gasteiger partial charge in [0.25, 0.3) is 0 Å². The zero-order chi connectivity index (χ0) is 14.2. The summed E-state index contributed by atoms with van der Waals surface area (Å²) in [4.78, 5) is 4.19. The van der Waals surface area contributed by atoms with Gasteiger partial charge in [0.05, 0.1) is 12.6 Å². The molecule has 102 valence electrons. The van der Waals surface area contributed by atoms with Crippen molar-refractivity contribution < 1.29 is 4.74 Å². The molecule has 2 aromatic rings. The lowest BCUT2D eigenvalue weighted by Gasteiger charge is -2.08. The number of methoxy groups -OCH3 is 1. The number of hydrogen-bond acceptors (Lipinski definition) is 2. The fourth-order valence-electron chi connectivity index (χ4n) is 2.81. The molecule has 0 N–H and O–H groups in total. The summed E-state index contributed by atoms with van der Waals surface area (Å²) >= 11 is 0. The minimum atomic E-state index is 0.859. The third-order valence-electron chi connectivity index (χ3n) is 3.79. The Labute approximate surface area is 122 Å². The Hall–Kier alpha value is -2.81. The molecule has 3 heteroatoms. The van der Waals surface area contributed by atoms with Crippen LogP contribution in [0.25, 0.3) is 27.7 Å². The lowest BCUT2D eigenvalue weighted by Crippen LogP contribution is -1.93. The third-order valence-corrected chi connectivity index (χ3v) is 3.79. The maximum Gasteiger partial charge on any atom is 0.120 e. The Morgan fingerprint density at radius 3 is 2.81 bits per heavy atom. The first-order valence-corrected chi connectivity index (χ1v) is 6.85. The van der Waals surface area contributed by atoms with Crippen molar-refractivity contribution in [2.75, 3.05) is 7.11 Å². The van der Waals surface area contributed by atoms with Crippen molar-refractivity contribution >= 4 is 10.9 Å². The topological polar surface area (TPSA) is 27.1 Å². The summed E-state index contributed by atoms with van der Waals surface area (Å²) in [6.07, 6.45) is 5.76. The summed E-state index contributed by atoms with van der Waals surface area (Å²) in [5, 5.41) is 1.24. The van der Waals surface area contributed by atoms with E-state index in [0.717, 1.165) is 11.4 Å². The molecular weight excluding hydrogens is 260 g/mol.